The molecule has 0 aliphatic carbocycles. The van der Waals surface area contributed by atoms with Gasteiger partial charge >= 0.3 is 5.97 Å². The Morgan fingerprint density at radius 2 is 1.85 bits per heavy atom. The van der Waals surface area contributed by atoms with Gasteiger partial charge in [0.1, 0.15) is 0 Å². The van der Waals surface area contributed by atoms with E-state index >= 15 is 0 Å². The van der Waals surface area contributed by atoms with Crippen LogP contribution in [0, 0.1) is 13.8 Å². The van der Waals surface area contributed by atoms with Crippen molar-refractivity contribution in [2.75, 3.05) is 0 Å². The van der Waals surface area contributed by atoms with E-state index in [1.807, 2.05) is 6.92 Å². The number of aromatic nitrogens is 2. The molecule has 0 amide bonds. The van der Waals surface area contributed by atoms with Crippen LogP contribution >= 0.6 is 35.0 Å². The molecule has 1 N–H and O–H groups in total. The van der Waals surface area contributed by atoms with E-state index in [9.17, 15) is 9.90 Å². The number of rotatable bonds is 6. The van der Waals surface area contributed by atoms with Gasteiger partial charge in [0.05, 0.1) is 12.2 Å². The average molecular weight is 421 g/mol. The first-order valence-corrected chi connectivity index (χ1v) is 10.0. The lowest BCUT2D eigenvalue weighted by Crippen LogP contribution is -2.12. The highest BCUT2D eigenvalue weighted by atomic mass is 35.5. The molecule has 0 fully saturated rings. The first-order chi connectivity index (χ1) is 12.8. The molecule has 0 radical (unpaired) electrons. The monoisotopic (exact) mass is 420 g/mol. The number of hydrogen-bond donors (Lipinski definition) is 1. The standard InChI is InChI=1S/C20H18Cl2N2O2S/c1-12-3-5-14(6-4-12)11-27-20-23-13(2)18(19(25)26)24(20)10-15-9-16(21)7-8-17(15)22/h3-9H,10-11H2,1-2H3,(H,25,26). The fourth-order valence-corrected chi connectivity index (χ4v) is 4.12. The molecule has 3 aromatic rings. The lowest BCUT2D eigenvalue weighted by atomic mass is 10.2. The van der Waals surface area contributed by atoms with Gasteiger partial charge in [-0.3, -0.25) is 0 Å². The Morgan fingerprint density at radius 3 is 2.52 bits per heavy atom. The van der Waals surface area contributed by atoms with Crippen LogP contribution in [0.15, 0.2) is 47.6 Å². The Hall–Kier alpha value is -1.95. The molecular formula is C20H18Cl2N2O2S. The van der Waals surface area contributed by atoms with Crippen molar-refractivity contribution < 1.29 is 9.90 Å². The van der Waals surface area contributed by atoms with Gasteiger partial charge in [0.15, 0.2) is 10.9 Å². The van der Waals surface area contributed by atoms with Crippen LogP contribution in [0.25, 0.3) is 0 Å². The lowest BCUT2D eigenvalue weighted by molar-refractivity contribution is 0.0684. The third-order valence-electron chi connectivity index (χ3n) is 4.13. The topological polar surface area (TPSA) is 55.1 Å². The van der Waals surface area contributed by atoms with Gasteiger partial charge in [-0.05, 0) is 43.2 Å². The second kappa shape index (κ2) is 8.38. The molecule has 2 aromatic carbocycles. The summed E-state index contributed by atoms with van der Waals surface area (Å²) >= 11 is 13.9. The fraction of sp³-hybridized carbons (Fsp3) is 0.200. The Morgan fingerprint density at radius 1 is 1.15 bits per heavy atom. The van der Waals surface area contributed by atoms with Crippen LogP contribution in [0.4, 0.5) is 0 Å². The van der Waals surface area contributed by atoms with Crippen LogP contribution in [0.2, 0.25) is 10.0 Å². The van der Waals surface area contributed by atoms with Crippen molar-refractivity contribution >= 4 is 40.9 Å². The molecule has 3 rings (SSSR count). The summed E-state index contributed by atoms with van der Waals surface area (Å²) in [5, 5.41) is 11.4. The number of aromatic carboxylic acids is 1. The number of thioether (sulfide) groups is 1. The largest absolute Gasteiger partial charge is 0.477 e. The molecule has 0 atom stereocenters. The molecule has 1 heterocycles. The summed E-state index contributed by atoms with van der Waals surface area (Å²) in [5.74, 6) is -0.320. The van der Waals surface area contributed by atoms with E-state index in [2.05, 4.69) is 29.2 Å². The van der Waals surface area contributed by atoms with E-state index < -0.39 is 5.97 Å². The number of benzene rings is 2. The summed E-state index contributed by atoms with van der Waals surface area (Å²) in [6.45, 7) is 4.04. The van der Waals surface area contributed by atoms with Crippen molar-refractivity contribution in [1.82, 2.24) is 9.55 Å². The Balaban J connectivity index is 1.93. The highest BCUT2D eigenvalue weighted by molar-refractivity contribution is 7.98. The van der Waals surface area contributed by atoms with Gasteiger partial charge in [-0.2, -0.15) is 0 Å². The van der Waals surface area contributed by atoms with Crippen molar-refractivity contribution in [3.8, 4) is 0 Å². The third-order valence-corrected chi connectivity index (χ3v) is 5.79. The van der Waals surface area contributed by atoms with E-state index in [1.165, 1.54) is 17.3 Å². The summed E-state index contributed by atoms with van der Waals surface area (Å²) in [5.41, 5.74) is 3.74. The van der Waals surface area contributed by atoms with Gasteiger partial charge in [0, 0.05) is 15.8 Å². The Kier molecular flexibility index (Phi) is 6.15. The maximum atomic E-state index is 11.8. The first kappa shape index (κ1) is 19.8. The number of halogens is 2. The van der Waals surface area contributed by atoms with Crippen LogP contribution < -0.4 is 0 Å². The maximum absolute atomic E-state index is 11.8. The van der Waals surface area contributed by atoms with Crippen molar-refractivity contribution in [3.05, 3.63) is 80.6 Å². The number of aryl methyl sites for hydroxylation is 2. The predicted octanol–water partition coefficient (Wildman–Crippen LogP) is 5.85. The summed E-state index contributed by atoms with van der Waals surface area (Å²) in [6, 6.07) is 13.4. The van der Waals surface area contributed by atoms with Gasteiger partial charge in [0.25, 0.3) is 0 Å². The molecule has 0 aliphatic heterocycles. The van der Waals surface area contributed by atoms with Gasteiger partial charge < -0.3 is 9.67 Å². The second-order valence-electron chi connectivity index (χ2n) is 6.23. The van der Waals surface area contributed by atoms with E-state index in [4.69, 9.17) is 23.2 Å². The number of carboxylic acid groups (broad SMARTS) is 1. The van der Waals surface area contributed by atoms with Gasteiger partial charge in [-0.15, -0.1) is 0 Å². The number of hydrogen-bond acceptors (Lipinski definition) is 3. The minimum absolute atomic E-state index is 0.164. The normalized spacial score (nSPS) is 11.0. The molecule has 0 saturated heterocycles. The highest BCUT2D eigenvalue weighted by Crippen LogP contribution is 2.28. The zero-order chi connectivity index (χ0) is 19.6. The van der Waals surface area contributed by atoms with Gasteiger partial charge in [-0.1, -0.05) is 64.8 Å². The average Bonchev–Trinajstić information content (AvgIpc) is 2.93. The van der Waals surface area contributed by atoms with Crippen molar-refractivity contribution in [1.29, 1.82) is 0 Å². The molecule has 0 saturated carbocycles. The number of imidazole rings is 1. The Labute approximate surface area is 172 Å². The highest BCUT2D eigenvalue weighted by Gasteiger charge is 2.21. The second-order valence-corrected chi connectivity index (χ2v) is 8.02. The van der Waals surface area contributed by atoms with E-state index in [0.29, 0.717) is 26.6 Å². The Bertz CT molecular complexity index is 984. The number of carboxylic acids is 1. The molecule has 1 aromatic heterocycles. The van der Waals surface area contributed by atoms with Crippen molar-refractivity contribution in [3.63, 3.8) is 0 Å². The number of carbonyl (C=O) groups is 1. The molecule has 27 heavy (non-hydrogen) atoms. The fourth-order valence-electron chi connectivity index (χ4n) is 2.74. The van der Waals surface area contributed by atoms with Crippen molar-refractivity contribution in [2.45, 2.75) is 31.3 Å². The van der Waals surface area contributed by atoms with E-state index in [1.54, 1.807) is 29.7 Å². The molecule has 140 valence electrons. The molecule has 0 aliphatic rings. The SMILES string of the molecule is Cc1ccc(CSc2nc(C)c(C(=O)O)n2Cc2cc(Cl)ccc2Cl)cc1. The minimum atomic E-state index is -1.01. The minimum Gasteiger partial charge on any atom is -0.477 e. The third kappa shape index (κ3) is 4.67. The van der Waals surface area contributed by atoms with Crippen LogP contribution in [-0.2, 0) is 12.3 Å². The first-order valence-electron chi connectivity index (χ1n) is 8.28. The summed E-state index contributed by atoms with van der Waals surface area (Å²) in [6.07, 6.45) is 0. The van der Waals surface area contributed by atoms with Crippen LogP contribution in [0.5, 0.6) is 0 Å². The smallest absolute Gasteiger partial charge is 0.354 e. The van der Waals surface area contributed by atoms with Crippen LogP contribution in [-0.4, -0.2) is 20.6 Å². The molecule has 0 unspecified atom stereocenters. The van der Waals surface area contributed by atoms with E-state index in [0.717, 1.165) is 11.1 Å². The van der Waals surface area contributed by atoms with Crippen LogP contribution in [0.3, 0.4) is 0 Å². The summed E-state index contributed by atoms with van der Waals surface area (Å²) < 4.78 is 1.69. The number of nitrogens with zero attached hydrogens (tertiary/aromatic N) is 2. The summed E-state index contributed by atoms with van der Waals surface area (Å²) in [4.78, 5) is 16.3. The van der Waals surface area contributed by atoms with E-state index in [-0.39, 0.29) is 12.2 Å². The quantitative estimate of drug-likeness (QED) is 0.508. The molecule has 7 heteroatoms. The molecule has 0 bridgehead atoms. The molecular weight excluding hydrogens is 403 g/mol. The molecule has 0 spiro atoms. The zero-order valence-corrected chi connectivity index (χ0v) is 17.2. The van der Waals surface area contributed by atoms with Gasteiger partial charge in [0.2, 0.25) is 0 Å². The van der Waals surface area contributed by atoms with Gasteiger partial charge in [-0.25, -0.2) is 9.78 Å². The lowest BCUT2D eigenvalue weighted by Gasteiger charge is -2.12. The zero-order valence-electron chi connectivity index (χ0n) is 14.9. The van der Waals surface area contributed by atoms with Crippen molar-refractivity contribution in [2.24, 2.45) is 0 Å². The molecule has 4 nitrogen and oxygen atoms in total. The predicted molar refractivity (Wildman–Crippen MR) is 110 cm³/mol. The van der Waals surface area contributed by atoms with Crippen LogP contribution in [0.1, 0.15) is 32.9 Å². The maximum Gasteiger partial charge on any atom is 0.354 e. The summed E-state index contributed by atoms with van der Waals surface area (Å²) in [7, 11) is 0.